The van der Waals surface area contributed by atoms with Crippen molar-refractivity contribution in [3.05, 3.63) is 29.8 Å². The lowest BCUT2D eigenvalue weighted by atomic mass is 10.2. The van der Waals surface area contributed by atoms with Gasteiger partial charge in [-0.05, 0) is 31.4 Å². The normalized spacial score (nSPS) is 16.7. The number of halogens is 2. The predicted molar refractivity (Wildman–Crippen MR) is 98.4 cm³/mol. The van der Waals surface area contributed by atoms with Crippen molar-refractivity contribution in [1.29, 1.82) is 0 Å². The summed E-state index contributed by atoms with van der Waals surface area (Å²) in [5.41, 5.74) is 0.208. The average molecular weight is 383 g/mol. The van der Waals surface area contributed by atoms with Gasteiger partial charge in [-0.15, -0.1) is 0 Å². The maximum Gasteiger partial charge on any atom is 0.409 e. The van der Waals surface area contributed by atoms with Gasteiger partial charge in [-0.2, -0.15) is 0 Å². The van der Waals surface area contributed by atoms with Crippen LogP contribution in [-0.4, -0.2) is 60.6 Å². The number of nitrogens with zero attached hydrogens (tertiary/aromatic N) is 2. The SMILES string of the molecule is CC(C)COC(=O)N1CCCN(C(C)C(=O)Nc2ccc(F)c(F)c2)CC1. The van der Waals surface area contributed by atoms with Gasteiger partial charge >= 0.3 is 6.09 Å². The Bertz CT molecular complexity index is 670. The molecule has 27 heavy (non-hydrogen) atoms. The van der Waals surface area contributed by atoms with Gasteiger partial charge in [0, 0.05) is 37.9 Å². The number of hydrogen-bond donors (Lipinski definition) is 1. The quantitative estimate of drug-likeness (QED) is 0.849. The summed E-state index contributed by atoms with van der Waals surface area (Å²) in [6, 6.07) is 2.78. The molecule has 6 nitrogen and oxygen atoms in total. The van der Waals surface area contributed by atoms with Gasteiger partial charge in [0.05, 0.1) is 12.6 Å². The minimum absolute atomic E-state index is 0.208. The summed E-state index contributed by atoms with van der Waals surface area (Å²) in [4.78, 5) is 28.2. The van der Waals surface area contributed by atoms with Crippen LogP contribution in [0.25, 0.3) is 0 Å². The highest BCUT2D eigenvalue weighted by atomic mass is 19.2. The zero-order chi connectivity index (χ0) is 20.0. The first kappa shape index (κ1) is 21.1. The molecule has 0 bridgehead atoms. The lowest BCUT2D eigenvalue weighted by Gasteiger charge is -2.27. The van der Waals surface area contributed by atoms with E-state index in [-0.39, 0.29) is 23.6 Å². The molecule has 1 heterocycles. The van der Waals surface area contributed by atoms with Crippen LogP contribution in [0.5, 0.6) is 0 Å². The standard InChI is InChI=1S/C19H27F2N3O3/c1-13(2)12-27-19(26)24-8-4-7-23(9-10-24)14(3)18(25)22-15-5-6-16(20)17(21)11-15/h5-6,11,13-14H,4,7-10,12H2,1-3H3,(H,22,25). The Kier molecular flexibility index (Phi) is 7.53. The van der Waals surface area contributed by atoms with E-state index in [0.717, 1.165) is 18.6 Å². The second-order valence-corrected chi connectivity index (χ2v) is 7.14. The van der Waals surface area contributed by atoms with Crippen LogP contribution >= 0.6 is 0 Å². The van der Waals surface area contributed by atoms with Gasteiger partial charge < -0.3 is 15.0 Å². The number of hydrogen-bond acceptors (Lipinski definition) is 4. The van der Waals surface area contributed by atoms with E-state index in [9.17, 15) is 18.4 Å². The summed E-state index contributed by atoms with van der Waals surface area (Å²) in [5, 5.41) is 2.60. The Balaban J connectivity index is 1.88. The van der Waals surface area contributed by atoms with Crippen LogP contribution in [0.3, 0.4) is 0 Å². The molecule has 150 valence electrons. The van der Waals surface area contributed by atoms with E-state index < -0.39 is 17.7 Å². The minimum Gasteiger partial charge on any atom is -0.449 e. The first-order chi connectivity index (χ1) is 12.8. The van der Waals surface area contributed by atoms with Crippen LogP contribution in [0, 0.1) is 17.6 Å². The van der Waals surface area contributed by atoms with E-state index in [1.165, 1.54) is 6.07 Å². The Labute approximate surface area is 158 Å². The molecule has 1 aromatic rings. The van der Waals surface area contributed by atoms with Crippen molar-refractivity contribution in [2.75, 3.05) is 38.1 Å². The van der Waals surface area contributed by atoms with Gasteiger partial charge in [-0.1, -0.05) is 13.8 Å². The zero-order valence-electron chi connectivity index (χ0n) is 16.0. The zero-order valence-corrected chi connectivity index (χ0v) is 16.0. The minimum atomic E-state index is -1.01. The number of anilines is 1. The molecular formula is C19H27F2N3O3. The van der Waals surface area contributed by atoms with E-state index in [2.05, 4.69) is 5.32 Å². The second kappa shape index (κ2) is 9.64. The average Bonchev–Trinajstić information content (AvgIpc) is 2.88. The first-order valence-corrected chi connectivity index (χ1v) is 9.19. The van der Waals surface area contributed by atoms with Crippen molar-refractivity contribution in [1.82, 2.24) is 9.80 Å². The molecule has 2 amide bonds. The van der Waals surface area contributed by atoms with Crippen molar-refractivity contribution in [2.45, 2.75) is 33.2 Å². The van der Waals surface area contributed by atoms with Gasteiger partial charge in [-0.3, -0.25) is 9.69 Å². The number of carbonyl (C=O) groups is 2. The topological polar surface area (TPSA) is 61.9 Å². The van der Waals surface area contributed by atoms with Crippen LogP contribution < -0.4 is 5.32 Å². The number of amides is 2. The van der Waals surface area contributed by atoms with Crippen LogP contribution in [0.15, 0.2) is 18.2 Å². The fraction of sp³-hybridized carbons (Fsp3) is 0.579. The van der Waals surface area contributed by atoms with Gasteiger partial charge in [0.1, 0.15) is 0 Å². The fourth-order valence-electron chi connectivity index (χ4n) is 2.82. The Morgan fingerprint density at radius 3 is 2.52 bits per heavy atom. The Morgan fingerprint density at radius 2 is 1.85 bits per heavy atom. The number of ether oxygens (including phenoxy) is 1. The number of benzene rings is 1. The molecule has 0 saturated carbocycles. The van der Waals surface area contributed by atoms with E-state index >= 15 is 0 Å². The molecule has 1 aliphatic heterocycles. The summed E-state index contributed by atoms with van der Waals surface area (Å²) in [6.07, 6.45) is 0.393. The number of nitrogens with one attached hydrogen (secondary N) is 1. The van der Waals surface area contributed by atoms with E-state index in [4.69, 9.17) is 4.74 Å². The summed E-state index contributed by atoms with van der Waals surface area (Å²) < 4.78 is 31.5. The smallest absolute Gasteiger partial charge is 0.409 e. The van der Waals surface area contributed by atoms with Crippen LogP contribution in [-0.2, 0) is 9.53 Å². The van der Waals surface area contributed by atoms with Crippen LogP contribution in [0.1, 0.15) is 27.2 Å². The third kappa shape index (κ3) is 6.16. The Morgan fingerprint density at radius 1 is 1.11 bits per heavy atom. The number of rotatable bonds is 5. The molecule has 1 saturated heterocycles. The molecule has 1 fully saturated rings. The van der Waals surface area contributed by atoms with Crippen molar-refractivity contribution >= 4 is 17.7 Å². The molecular weight excluding hydrogens is 356 g/mol. The predicted octanol–water partition coefficient (Wildman–Crippen LogP) is 3.09. The third-order valence-electron chi connectivity index (χ3n) is 4.44. The highest BCUT2D eigenvalue weighted by Crippen LogP contribution is 2.15. The molecule has 1 atom stereocenters. The van der Waals surface area contributed by atoms with Gasteiger partial charge in [0.25, 0.3) is 0 Å². The van der Waals surface area contributed by atoms with Crippen molar-refractivity contribution in [3.8, 4) is 0 Å². The molecule has 1 N–H and O–H groups in total. The van der Waals surface area contributed by atoms with Crippen LogP contribution in [0.2, 0.25) is 0 Å². The molecule has 0 aromatic heterocycles. The van der Waals surface area contributed by atoms with E-state index in [1.54, 1.807) is 11.8 Å². The molecule has 1 aromatic carbocycles. The summed E-state index contributed by atoms with van der Waals surface area (Å²) in [5.74, 6) is -2.00. The van der Waals surface area contributed by atoms with Gasteiger partial charge in [-0.25, -0.2) is 13.6 Å². The molecule has 1 unspecified atom stereocenters. The maximum absolute atomic E-state index is 13.3. The lowest BCUT2D eigenvalue weighted by Crippen LogP contribution is -2.44. The van der Waals surface area contributed by atoms with Gasteiger partial charge in [0.15, 0.2) is 11.6 Å². The first-order valence-electron chi connectivity index (χ1n) is 9.19. The van der Waals surface area contributed by atoms with Crippen LogP contribution in [0.4, 0.5) is 19.3 Å². The highest BCUT2D eigenvalue weighted by molar-refractivity contribution is 5.94. The van der Waals surface area contributed by atoms with Crippen molar-refractivity contribution in [2.24, 2.45) is 5.92 Å². The maximum atomic E-state index is 13.3. The fourth-order valence-corrected chi connectivity index (χ4v) is 2.82. The summed E-state index contributed by atoms with van der Waals surface area (Å²) in [6.45, 7) is 8.32. The third-order valence-corrected chi connectivity index (χ3v) is 4.44. The molecule has 2 rings (SSSR count). The molecule has 0 spiro atoms. The summed E-state index contributed by atoms with van der Waals surface area (Å²) in [7, 11) is 0. The molecule has 0 radical (unpaired) electrons. The second-order valence-electron chi connectivity index (χ2n) is 7.14. The Hall–Kier alpha value is -2.22. The summed E-state index contributed by atoms with van der Waals surface area (Å²) >= 11 is 0. The molecule has 0 aliphatic carbocycles. The van der Waals surface area contributed by atoms with Crippen molar-refractivity contribution < 1.29 is 23.1 Å². The van der Waals surface area contributed by atoms with E-state index in [1.807, 2.05) is 18.7 Å². The molecule has 8 heteroatoms. The van der Waals surface area contributed by atoms with Gasteiger partial charge in [0.2, 0.25) is 5.91 Å². The van der Waals surface area contributed by atoms with Crippen molar-refractivity contribution in [3.63, 3.8) is 0 Å². The largest absolute Gasteiger partial charge is 0.449 e. The number of carbonyl (C=O) groups excluding carboxylic acids is 2. The molecule has 1 aliphatic rings. The monoisotopic (exact) mass is 383 g/mol. The lowest BCUT2D eigenvalue weighted by molar-refractivity contribution is -0.120. The van der Waals surface area contributed by atoms with E-state index in [0.29, 0.717) is 32.8 Å². The highest BCUT2D eigenvalue weighted by Gasteiger charge is 2.26.